The molecule has 0 spiro atoms. The number of para-hydroxylation sites is 2. The van der Waals surface area contributed by atoms with E-state index in [0.29, 0.717) is 6.04 Å². The van der Waals surface area contributed by atoms with E-state index in [4.69, 9.17) is 9.40 Å². The minimum Gasteiger partial charge on any atom is -0.440 e. The van der Waals surface area contributed by atoms with Gasteiger partial charge in [0.05, 0.1) is 12.6 Å². The van der Waals surface area contributed by atoms with Crippen molar-refractivity contribution < 1.29 is 8.98 Å². The number of oxazole rings is 1. The summed E-state index contributed by atoms with van der Waals surface area (Å²) >= 11 is 0. The number of aryl methyl sites for hydroxylation is 2. The van der Waals surface area contributed by atoms with Crippen LogP contribution in [0.2, 0.25) is 0 Å². The average molecular weight is 389 g/mol. The van der Waals surface area contributed by atoms with Gasteiger partial charge in [0.15, 0.2) is 22.5 Å². The predicted octanol–water partition coefficient (Wildman–Crippen LogP) is 6.21. The monoisotopic (exact) mass is 388 g/mol. The molecule has 1 saturated carbocycles. The third kappa shape index (κ3) is 2.88. The molecule has 150 valence electrons. The van der Waals surface area contributed by atoms with Crippen molar-refractivity contribution in [3.63, 3.8) is 0 Å². The summed E-state index contributed by atoms with van der Waals surface area (Å²) in [4.78, 5) is 4.95. The number of imidazole rings is 1. The first-order chi connectivity index (χ1) is 14.1. The van der Waals surface area contributed by atoms with Crippen molar-refractivity contribution in [3.05, 3.63) is 47.9 Å². The van der Waals surface area contributed by atoms with Crippen LogP contribution in [0, 0.1) is 6.92 Å². The molecule has 1 aliphatic rings. The lowest BCUT2D eigenvalue weighted by molar-refractivity contribution is -0.634. The Kier molecular flexibility index (Phi) is 4.45. The van der Waals surface area contributed by atoms with Crippen molar-refractivity contribution in [1.82, 2.24) is 9.55 Å². The summed E-state index contributed by atoms with van der Waals surface area (Å²) in [6.45, 7) is 6.47. The van der Waals surface area contributed by atoms with Crippen LogP contribution >= 0.6 is 0 Å². The molecule has 0 N–H and O–H groups in total. The molecule has 0 radical (unpaired) electrons. The SMILES string of the molecule is Cc1ccc2oc(C(C)C)nc2c1-c1n(C2CCCCC2)c2ccccc2[n+]1C. The lowest BCUT2D eigenvalue weighted by Gasteiger charge is -2.21. The molecule has 2 aromatic heterocycles. The quantitative estimate of drug-likeness (QED) is 0.391. The first-order valence-electron chi connectivity index (χ1n) is 11.0. The van der Waals surface area contributed by atoms with Gasteiger partial charge in [-0.3, -0.25) is 0 Å². The van der Waals surface area contributed by atoms with Gasteiger partial charge in [0, 0.05) is 5.92 Å². The van der Waals surface area contributed by atoms with Crippen molar-refractivity contribution in [2.24, 2.45) is 7.05 Å². The zero-order valence-corrected chi connectivity index (χ0v) is 17.9. The smallest absolute Gasteiger partial charge is 0.292 e. The zero-order chi connectivity index (χ0) is 20.1. The molecule has 1 aliphatic carbocycles. The van der Waals surface area contributed by atoms with Gasteiger partial charge in [-0.25, -0.2) is 14.1 Å². The molecule has 1 fully saturated rings. The van der Waals surface area contributed by atoms with Gasteiger partial charge in [0.2, 0.25) is 0 Å². The molecule has 0 unspecified atom stereocenters. The largest absolute Gasteiger partial charge is 0.440 e. The number of fused-ring (bicyclic) bond motifs is 2. The second kappa shape index (κ2) is 7.01. The number of hydrogen-bond acceptors (Lipinski definition) is 2. The summed E-state index contributed by atoms with van der Waals surface area (Å²) in [5.41, 5.74) is 6.93. The van der Waals surface area contributed by atoms with Gasteiger partial charge < -0.3 is 4.42 Å². The zero-order valence-electron chi connectivity index (χ0n) is 17.9. The van der Waals surface area contributed by atoms with E-state index in [0.717, 1.165) is 17.0 Å². The summed E-state index contributed by atoms with van der Waals surface area (Å²) in [6, 6.07) is 13.6. The average Bonchev–Trinajstić information content (AvgIpc) is 3.29. The minimum atomic E-state index is 0.272. The van der Waals surface area contributed by atoms with Crippen LogP contribution in [-0.4, -0.2) is 9.55 Å². The van der Waals surface area contributed by atoms with Gasteiger partial charge in [0.25, 0.3) is 5.82 Å². The van der Waals surface area contributed by atoms with Crippen molar-refractivity contribution >= 4 is 22.1 Å². The molecule has 5 rings (SSSR count). The molecule has 0 amide bonds. The Balaban J connectivity index is 1.86. The Morgan fingerprint density at radius 1 is 1.07 bits per heavy atom. The molecule has 2 heterocycles. The summed E-state index contributed by atoms with van der Waals surface area (Å²) in [5.74, 6) is 2.34. The number of aromatic nitrogens is 3. The molecule has 4 aromatic rings. The van der Waals surface area contributed by atoms with E-state index in [1.54, 1.807) is 0 Å². The van der Waals surface area contributed by atoms with E-state index >= 15 is 0 Å². The predicted molar refractivity (Wildman–Crippen MR) is 117 cm³/mol. The topological polar surface area (TPSA) is 34.8 Å². The van der Waals surface area contributed by atoms with E-state index in [9.17, 15) is 0 Å². The van der Waals surface area contributed by atoms with Crippen LogP contribution in [0.1, 0.15) is 69.4 Å². The van der Waals surface area contributed by atoms with Gasteiger partial charge in [0.1, 0.15) is 11.6 Å². The standard InChI is InChI=1S/C25H30N3O/c1-16(2)24-26-23-21(29-24)15-14-17(3)22(23)25-27(4)19-12-8-9-13-20(19)28(25)18-10-6-5-7-11-18/h8-9,12-16,18H,5-7,10-11H2,1-4H3/q+1. The molecule has 4 heteroatoms. The Morgan fingerprint density at radius 2 is 1.83 bits per heavy atom. The fourth-order valence-electron chi connectivity index (χ4n) is 4.98. The lowest BCUT2D eigenvalue weighted by atomic mass is 9.94. The highest BCUT2D eigenvalue weighted by Crippen LogP contribution is 2.38. The minimum absolute atomic E-state index is 0.272. The van der Waals surface area contributed by atoms with Crippen molar-refractivity contribution in [2.45, 2.75) is 64.8 Å². The number of benzene rings is 2. The molecule has 4 nitrogen and oxygen atoms in total. The molecule has 0 bridgehead atoms. The van der Waals surface area contributed by atoms with E-state index in [1.807, 2.05) is 0 Å². The first kappa shape index (κ1) is 18.4. The van der Waals surface area contributed by atoms with E-state index in [1.165, 1.54) is 60.1 Å². The summed E-state index contributed by atoms with van der Waals surface area (Å²) in [6.07, 6.45) is 6.47. The summed E-state index contributed by atoms with van der Waals surface area (Å²) < 4.78 is 11.1. The number of nitrogens with zero attached hydrogens (tertiary/aromatic N) is 3. The normalized spacial score (nSPS) is 15.8. The molecule has 2 aromatic carbocycles. The number of rotatable bonds is 3. The summed E-state index contributed by atoms with van der Waals surface area (Å²) in [5, 5.41) is 0. The molecule has 0 saturated heterocycles. The molecular formula is C25H30N3O+. The van der Waals surface area contributed by atoms with E-state index in [-0.39, 0.29) is 5.92 Å². The van der Waals surface area contributed by atoms with Gasteiger partial charge in [-0.2, -0.15) is 0 Å². The molecule has 0 aliphatic heterocycles. The summed E-state index contributed by atoms with van der Waals surface area (Å²) in [7, 11) is 2.19. The fraction of sp³-hybridized carbons (Fsp3) is 0.440. The maximum absolute atomic E-state index is 6.12. The molecular weight excluding hydrogens is 358 g/mol. The third-order valence-electron chi connectivity index (χ3n) is 6.49. The Bertz CT molecular complexity index is 1190. The second-order valence-corrected chi connectivity index (χ2v) is 8.84. The van der Waals surface area contributed by atoms with Gasteiger partial charge in [-0.1, -0.05) is 38.5 Å². The third-order valence-corrected chi connectivity index (χ3v) is 6.49. The van der Waals surface area contributed by atoms with Crippen molar-refractivity contribution in [2.75, 3.05) is 0 Å². The second-order valence-electron chi connectivity index (χ2n) is 8.84. The van der Waals surface area contributed by atoms with Crippen molar-refractivity contribution in [1.29, 1.82) is 0 Å². The Labute approximate surface area is 172 Å². The lowest BCUT2D eigenvalue weighted by Crippen LogP contribution is -2.31. The maximum Gasteiger partial charge on any atom is 0.292 e. The van der Waals surface area contributed by atoms with Crippen LogP contribution < -0.4 is 4.57 Å². The highest BCUT2D eigenvalue weighted by Gasteiger charge is 2.33. The van der Waals surface area contributed by atoms with Gasteiger partial charge in [-0.15, -0.1) is 0 Å². The van der Waals surface area contributed by atoms with Crippen LogP contribution in [0.25, 0.3) is 33.5 Å². The first-order valence-corrected chi connectivity index (χ1v) is 11.0. The van der Waals surface area contributed by atoms with Crippen LogP contribution in [0.15, 0.2) is 40.8 Å². The van der Waals surface area contributed by atoms with E-state index in [2.05, 4.69) is 73.4 Å². The molecule has 29 heavy (non-hydrogen) atoms. The number of hydrogen-bond donors (Lipinski definition) is 0. The Hall–Kier alpha value is -2.62. The highest BCUT2D eigenvalue weighted by molar-refractivity contribution is 5.92. The maximum atomic E-state index is 6.12. The van der Waals surface area contributed by atoms with Gasteiger partial charge in [-0.05, 0) is 56.4 Å². The van der Waals surface area contributed by atoms with E-state index < -0.39 is 0 Å². The van der Waals surface area contributed by atoms with Crippen molar-refractivity contribution in [3.8, 4) is 11.4 Å². The highest BCUT2D eigenvalue weighted by atomic mass is 16.3. The molecule has 0 atom stereocenters. The fourth-order valence-corrected chi connectivity index (χ4v) is 4.98. The Morgan fingerprint density at radius 3 is 2.59 bits per heavy atom. The van der Waals surface area contributed by atoms with Crippen LogP contribution in [0.5, 0.6) is 0 Å². The van der Waals surface area contributed by atoms with Crippen LogP contribution in [-0.2, 0) is 7.05 Å². The van der Waals surface area contributed by atoms with Gasteiger partial charge >= 0.3 is 0 Å². The van der Waals surface area contributed by atoms with Crippen LogP contribution in [0.4, 0.5) is 0 Å². The van der Waals surface area contributed by atoms with Crippen LogP contribution in [0.3, 0.4) is 0 Å².